The summed E-state index contributed by atoms with van der Waals surface area (Å²) in [6.07, 6.45) is 1.52. The van der Waals surface area contributed by atoms with Crippen LogP contribution in [0.4, 0.5) is 4.39 Å². The number of carbonyl (C=O) groups excluding carboxylic acids is 1. The Morgan fingerprint density at radius 3 is 2.89 bits per heavy atom. The average molecular weight is 326 g/mol. The second-order valence-electron chi connectivity index (χ2n) is 4.42. The van der Waals surface area contributed by atoms with Crippen LogP contribution in [0.15, 0.2) is 29.0 Å². The number of carbonyl (C=O) groups is 1. The maximum Gasteiger partial charge on any atom is 0.171 e. The number of benzene rings is 1. The lowest BCUT2D eigenvalue weighted by Gasteiger charge is -2.09. The van der Waals surface area contributed by atoms with Crippen molar-refractivity contribution < 1.29 is 9.18 Å². The van der Waals surface area contributed by atoms with Crippen molar-refractivity contribution in [3.8, 4) is 0 Å². The standard InChI is InChI=1S/C13H13BrFN3O/c1-8(2)18-12(16-7-17-18)6-11(19)9-4-3-5-10(15)13(9)14/h3-5,7-8H,6H2,1-2H3. The molecule has 6 heteroatoms. The van der Waals surface area contributed by atoms with Gasteiger partial charge in [0.05, 0.1) is 10.9 Å². The van der Waals surface area contributed by atoms with Gasteiger partial charge in [-0.1, -0.05) is 12.1 Å². The van der Waals surface area contributed by atoms with Gasteiger partial charge in [0.15, 0.2) is 5.78 Å². The molecule has 0 aliphatic rings. The summed E-state index contributed by atoms with van der Waals surface area (Å²) in [6, 6.07) is 4.53. The second-order valence-corrected chi connectivity index (χ2v) is 5.21. The van der Waals surface area contributed by atoms with Gasteiger partial charge >= 0.3 is 0 Å². The molecule has 0 aliphatic heterocycles. The Morgan fingerprint density at radius 1 is 1.47 bits per heavy atom. The van der Waals surface area contributed by atoms with Gasteiger partial charge in [-0.15, -0.1) is 0 Å². The molecule has 0 spiro atoms. The van der Waals surface area contributed by atoms with Crippen LogP contribution in [0.3, 0.4) is 0 Å². The number of rotatable bonds is 4. The van der Waals surface area contributed by atoms with Gasteiger partial charge in [-0.25, -0.2) is 14.1 Å². The third-order valence-corrected chi connectivity index (χ3v) is 3.51. The summed E-state index contributed by atoms with van der Waals surface area (Å²) in [4.78, 5) is 16.3. The first kappa shape index (κ1) is 13.9. The fourth-order valence-corrected chi connectivity index (χ4v) is 2.28. The number of aromatic nitrogens is 3. The summed E-state index contributed by atoms with van der Waals surface area (Å²) < 4.78 is 15.3. The molecule has 0 unspecified atom stereocenters. The highest BCUT2D eigenvalue weighted by Crippen LogP contribution is 2.22. The Kier molecular flexibility index (Phi) is 4.09. The van der Waals surface area contributed by atoms with E-state index in [2.05, 4.69) is 26.0 Å². The van der Waals surface area contributed by atoms with Gasteiger partial charge in [0.2, 0.25) is 0 Å². The monoisotopic (exact) mass is 325 g/mol. The van der Waals surface area contributed by atoms with E-state index >= 15 is 0 Å². The SMILES string of the molecule is CC(C)n1ncnc1CC(=O)c1cccc(F)c1Br. The first-order valence-corrected chi connectivity index (χ1v) is 6.65. The predicted molar refractivity (Wildman–Crippen MR) is 72.5 cm³/mol. The number of hydrogen-bond donors (Lipinski definition) is 0. The number of halogens is 2. The average Bonchev–Trinajstić information content (AvgIpc) is 2.80. The molecule has 0 radical (unpaired) electrons. The van der Waals surface area contributed by atoms with Gasteiger partial charge < -0.3 is 0 Å². The Labute approximate surface area is 118 Å². The van der Waals surface area contributed by atoms with E-state index < -0.39 is 5.82 Å². The summed E-state index contributed by atoms with van der Waals surface area (Å²) in [7, 11) is 0. The highest BCUT2D eigenvalue weighted by atomic mass is 79.9. The van der Waals surface area contributed by atoms with Crippen molar-refractivity contribution in [2.45, 2.75) is 26.3 Å². The van der Waals surface area contributed by atoms with Crippen LogP contribution in [0.5, 0.6) is 0 Å². The summed E-state index contributed by atoms with van der Waals surface area (Å²) >= 11 is 3.09. The van der Waals surface area contributed by atoms with E-state index in [0.717, 1.165) is 0 Å². The van der Waals surface area contributed by atoms with Crippen LogP contribution in [0.2, 0.25) is 0 Å². The summed E-state index contributed by atoms with van der Waals surface area (Å²) in [5.74, 6) is -0.0615. The lowest BCUT2D eigenvalue weighted by atomic mass is 10.1. The van der Waals surface area contributed by atoms with Crippen molar-refractivity contribution in [2.75, 3.05) is 0 Å². The summed E-state index contributed by atoms with van der Waals surface area (Å²) in [5.41, 5.74) is 0.318. The van der Waals surface area contributed by atoms with Crippen molar-refractivity contribution in [1.29, 1.82) is 0 Å². The first-order valence-electron chi connectivity index (χ1n) is 5.86. The minimum Gasteiger partial charge on any atom is -0.294 e. The van der Waals surface area contributed by atoms with E-state index in [0.29, 0.717) is 11.4 Å². The Bertz CT molecular complexity index is 610. The lowest BCUT2D eigenvalue weighted by molar-refractivity contribution is 0.0987. The predicted octanol–water partition coefficient (Wildman–Crippen LogP) is 3.19. The van der Waals surface area contributed by atoms with Crippen molar-refractivity contribution in [3.05, 3.63) is 46.2 Å². The molecule has 1 aromatic heterocycles. The second kappa shape index (κ2) is 5.61. The van der Waals surface area contributed by atoms with Crippen molar-refractivity contribution in [1.82, 2.24) is 14.8 Å². The van der Waals surface area contributed by atoms with Gasteiger partial charge in [0.25, 0.3) is 0 Å². The Balaban J connectivity index is 2.26. The molecule has 1 aromatic carbocycles. The molecule has 0 bridgehead atoms. The zero-order valence-corrected chi connectivity index (χ0v) is 12.2. The molecule has 1 heterocycles. The molecule has 0 amide bonds. The molecular formula is C13H13BrFN3O. The molecule has 0 saturated carbocycles. The molecule has 0 aliphatic carbocycles. The van der Waals surface area contributed by atoms with Gasteiger partial charge in [-0.3, -0.25) is 4.79 Å². The van der Waals surface area contributed by atoms with Crippen molar-refractivity contribution >= 4 is 21.7 Å². The molecular weight excluding hydrogens is 313 g/mol. The highest BCUT2D eigenvalue weighted by molar-refractivity contribution is 9.10. The third kappa shape index (κ3) is 2.89. The minimum absolute atomic E-state index is 0.0975. The number of Topliss-reactive ketones (excluding diaryl/α,β-unsaturated/α-hetero) is 1. The maximum absolute atomic E-state index is 13.4. The summed E-state index contributed by atoms with van der Waals surface area (Å²) in [5, 5.41) is 4.07. The summed E-state index contributed by atoms with van der Waals surface area (Å²) in [6.45, 7) is 3.92. The molecule has 0 N–H and O–H groups in total. The van der Waals surface area contributed by atoms with E-state index in [1.807, 2.05) is 13.8 Å². The van der Waals surface area contributed by atoms with Crippen LogP contribution in [-0.4, -0.2) is 20.5 Å². The fourth-order valence-electron chi connectivity index (χ4n) is 1.79. The van der Waals surface area contributed by atoms with Crippen molar-refractivity contribution in [2.24, 2.45) is 0 Å². The normalized spacial score (nSPS) is 11.0. The first-order chi connectivity index (χ1) is 9.00. The molecule has 100 valence electrons. The molecule has 4 nitrogen and oxygen atoms in total. The minimum atomic E-state index is -0.448. The topological polar surface area (TPSA) is 47.8 Å². The van der Waals surface area contributed by atoms with E-state index in [9.17, 15) is 9.18 Å². The Morgan fingerprint density at radius 2 is 2.21 bits per heavy atom. The quantitative estimate of drug-likeness (QED) is 0.811. The maximum atomic E-state index is 13.4. The molecule has 0 atom stereocenters. The Hall–Kier alpha value is -1.56. The number of nitrogens with zero attached hydrogens (tertiary/aromatic N) is 3. The largest absolute Gasteiger partial charge is 0.294 e. The zero-order chi connectivity index (χ0) is 14.0. The van der Waals surface area contributed by atoms with Crippen LogP contribution in [0.25, 0.3) is 0 Å². The molecule has 2 rings (SSSR count). The van der Waals surface area contributed by atoms with Crippen molar-refractivity contribution in [3.63, 3.8) is 0 Å². The van der Waals surface area contributed by atoms with Gasteiger partial charge in [0, 0.05) is 11.6 Å². The van der Waals surface area contributed by atoms with E-state index in [4.69, 9.17) is 0 Å². The van der Waals surface area contributed by atoms with Crippen LogP contribution in [0.1, 0.15) is 36.1 Å². The third-order valence-electron chi connectivity index (χ3n) is 2.71. The van der Waals surface area contributed by atoms with Crippen LogP contribution < -0.4 is 0 Å². The number of hydrogen-bond acceptors (Lipinski definition) is 3. The lowest BCUT2D eigenvalue weighted by Crippen LogP contribution is -2.13. The smallest absolute Gasteiger partial charge is 0.171 e. The zero-order valence-electron chi connectivity index (χ0n) is 10.6. The van der Waals surface area contributed by atoms with E-state index in [1.54, 1.807) is 10.7 Å². The molecule has 0 fully saturated rings. The van der Waals surface area contributed by atoms with Gasteiger partial charge in [0.1, 0.15) is 18.0 Å². The number of ketones is 1. The van der Waals surface area contributed by atoms with E-state index in [1.165, 1.54) is 18.5 Å². The molecule has 0 saturated heterocycles. The van der Waals surface area contributed by atoms with Gasteiger partial charge in [-0.05, 0) is 35.8 Å². The molecule has 19 heavy (non-hydrogen) atoms. The molecule has 2 aromatic rings. The van der Waals surface area contributed by atoms with Crippen LogP contribution >= 0.6 is 15.9 Å². The van der Waals surface area contributed by atoms with Crippen LogP contribution in [0, 0.1) is 5.82 Å². The van der Waals surface area contributed by atoms with Crippen LogP contribution in [-0.2, 0) is 6.42 Å². The fraction of sp³-hybridized carbons (Fsp3) is 0.308. The van der Waals surface area contributed by atoms with Gasteiger partial charge in [-0.2, -0.15) is 5.10 Å². The highest BCUT2D eigenvalue weighted by Gasteiger charge is 2.17. The van der Waals surface area contributed by atoms with E-state index in [-0.39, 0.29) is 22.7 Å².